The highest BCUT2D eigenvalue weighted by Gasteiger charge is 2.30. The molecule has 31 heavy (non-hydrogen) atoms. The molecule has 158 valence electrons. The summed E-state index contributed by atoms with van der Waals surface area (Å²) in [4.78, 5) is 7.34. The average molecular weight is 413 g/mol. The van der Waals surface area contributed by atoms with Crippen LogP contribution in [0.15, 0.2) is 71.7 Å². The average Bonchev–Trinajstić information content (AvgIpc) is 3.36. The first-order valence-corrected chi connectivity index (χ1v) is 10.9. The number of para-hydroxylation sites is 1. The van der Waals surface area contributed by atoms with Gasteiger partial charge in [0.05, 0.1) is 12.6 Å². The van der Waals surface area contributed by atoms with Crippen LogP contribution in [0.25, 0.3) is 11.1 Å². The van der Waals surface area contributed by atoms with Crippen molar-refractivity contribution in [1.29, 1.82) is 0 Å². The lowest BCUT2D eigenvalue weighted by atomic mass is 9.95. The molecule has 3 aromatic rings. The van der Waals surface area contributed by atoms with Crippen LogP contribution in [0.4, 0.5) is 5.69 Å². The Bertz CT molecular complexity index is 1140. The first-order valence-electron chi connectivity index (χ1n) is 10.9. The van der Waals surface area contributed by atoms with Crippen LogP contribution < -0.4 is 9.64 Å². The zero-order chi connectivity index (χ0) is 21.4. The Morgan fingerprint density at radius 3 is 2.55 bits per heavy atom. The molecule has 0 aliphatic carbocycles. The molecular formula is C27H28N2O2. The Morgan fingerprint density at radius 1 is 0.968 bits per heavy atom. The Balaban J connectivity index is 1.63. The summed E-state index contributed by atoms with van der Waals surface area (Å²) in [6.07, 6.45) is 1.06. The fraction of sp³-hybridized carbons (Fsp3) is 0.296. The van der Waals surface area contributed by atoms with Gasteiger partial charge in [0.1, 0.15) is 12.4 Å². The summed E-state index contributed by atoms with van der Waals surface area (Å²) in [6, 6.07) is 23.5. The minimum atomic E-state index is -0.204. The number of hydrogen-bond acceptors (Lipinski definition) is 4. The van der Waals surface area contributed by atoms with Crippen molar-refractivity contribution < 1.29 is 9.47 Å². The van der Waals surface area contributed by atoms with Gasteiger partial charge in [0.2, 0.25) is 5.90 Å². The van der Waals surface area contributed by atoms with Gasteiger partial charge < -0.3 is 14.4 Å². The third-order valence-electron chi connectivity index (χ3n) is 6.02. The molecule has 0 amide bonds. The van der Waals surface area contributed by atoms with Gasteiger partial charge in [-0.15, -0.1) is 0 Å². The molecule has 0 fully saturated rings. The minimum Gasteiger partial charge on any atom is -0.497 e. The van der Waals surface area contributed by atoms with Gasteiger partial charge in [-0.05, 0) is 49.6 Å². The van der Waals surface area contributed by atoms with Crippen LogP contribution in [0, 0.1) is 0 Å². The van der Waals surface area contributed by atoms with E-state index in [-0.39, 0.29) is 5.54 Å². The van der Waals surface area contributed by atoms with Crippen molar-refractivity contribution in [3.05, 3.63) is 83.4 Å². The number of hydrogen-bond donors (Lipinski definition) is 0. The van der Waals surface area contributed by atoms with Gasteiger partial charge in [-0.2, -0.15) is 0 Å². The molecule has 0 bridgehead atoms. The molecule has 0 atom stereocenters. The van der Waals surface area contributed by atoms with Crippen LogP contribution in [0.3, 0.4) is 0 Å². The van der Waals surface area contributed by atoms with Crippen LogP contribution >= 0.6 is 0 Å². The Kier molecular flexibility index (Phi) is 4.93. The number of rotatable bonds is 5. The highest BCUT2D eigenvalue weighted by molar-refractivity contribution is 6.04. The van der Waals surface area contributed by atoms with Crippen molar-refractivity contribution in [2.45, 2.75) is 32.4 Å². The SMILES string of the molecule is COc1ccc(C2=NC(C)(C)CO2)c(-c2cccc3c2N(Cc2ccccc2)CC3)c1. The molecule has 0 spiro atoms. The Morgan fingerprint density at radius 2 is 1.81 bits per heavy atom. The molecule has 4 nitrogen and oxygen atoms in total. The topological polar surface area (TPSA) is 34.1 Å². The maximum absolute atomic E-state index is 6.03. The number of aliphatic imine (C=N–C) groups is 1. The van der Waals surface area contributed by atoms with Gasteiger partial charge in [0.25, 0.3) is 0 Å². The number of fused-ring (bicyclic) bond motifs is 1. The van der Waals surface area contributed by atoms with E-state index in [1.807, 2.05) is 6.07 Å². The zero-order valence-electron chi connectivity index (χ0n) is 18.4. The molecule has 2 aliphatic rings. The molecule has 0 N–H and O–H groups in total. The molecular weight excluding hydrogens is 384 g/mol. The van der Waals surface area contributed by atoms with Crippen LogP contribution in [-0.2, 0) is 17.7 Å². The molecule has 0 unspecified atom stereocenters. The largest absolute Gasteiger partial charge is 0.497 e. The first-order chi connectivity index (χ1) is 15.0. The third-order valence-corrected chi connectivity index (χ3v) is 6.02. The number of anilines is 1. The predicted molar refractivity (Wildman–Crippen MR) is 126 cm³/mol. The lowest BCUT2D eigenvalue weighted by Crippen LogP contribution is -2.20. The lowest BCUT2D eigenvalue weighted by Gasteiger charge is -2.24. The summed E-state index contributed by atoms with van der Waals surface area (Å²) in [5.74, 6) is 1.55. The predicted octanol–water partition coefficient (Wildman–Crippen LogP) is 5.48. The van der Waals surface area contributed by atoms with Crippen molar-refractivity contribution in [2.24, 2.45) is 4.99 Å². The van der Waals surface area contributed by atoms with Crippen molar-refractivity contribution in [3.63, 3.8) is 0 Å². The molecule has 5 rings (SSSR count). The van der Waals surface area contributed by atoms with Gasteiger partial charge in [-0.1, -0.05) is 48.5 Å². The van der Waals surface area contributed by atoms with Crippen LogP contribution in [0.5, 0.6) is 5.75 Å². The highest BCUT2D eigenvalue weighted by Crippen LogP contribution is 2.42. The summed E-state index contributed by atoms with van der Waals surface area (Å²) in [7, 11) is 1.71. The number of benzene rings is 3. The van der Waals surface area contributed by atoms with Gasteiger partial charge in [0.15, 0.2) is 0 Å². The van der Waals surface area contributed by atoms with Gasteiger partial charge in [-0.3, -0.25) is 0 Å². The molecule has 2 aliphatic heterocycles. The summed E-state index contributed by atoms with van der Waals surface area (Å²) in [6.45, 7) is 6.72. The quantitative estimate of drug-likeness (QED) is 0.556. The number of methoxy groups -OCH3 is 1. The molecule has 0 aromatic heterocycles. The van der Waals surface area contributed by atoms with E-state index in [1.54, 1.807) is 7.11 Å². The van der Waals surface area contributed by atoms with E-state index in [1.165, 1.54) is 22.4 Å². The van der Waals surface area contributed by atoms with Gasteiger partial charge in [0, 0.05) is 35.5 Å². The van der Waals surface area contributed by atoms with E-state index >= 15 is 0 Å². The van der Waals surface area contributed by atoms with Crippen molar-refractivity contribution in [3.8, 4) is 16.9 Å². The van der Waals surface area contributed by atoms with E-state index in [2.05, 4.69) is 79.4 Å². The fourth-order valence-electron chi connectivity index (χ4n) is 4.50. The third kappa shape index (κ3) is 3.78. The van der Waals surface area contributed by atoms with E-state index in [0.29, 0.717) is 12.5 Å². The van der Waals surface area contributed by atoms with Crippen LogP contribution in [-0.4, -0.2) is 31.7 Å². The number of ether oxygens (including phenoxy) is 2. The maximum Gasteiger partial charge on any atom is 0.217 e. The summed E-state index contributed by atoms with van der Waals surface area (Å²) in [5.41, 5.74) is 7.14. The second kappa shape index (κ2) is 7.77. The standard InChI is InChI=1S/C27H28N2O2/c1-27(2)18-31-26(28-27)23-13-12-21(30-3)16-24(23)22-11-7-10-20-14-15-29(25(20)22)17-19-8-5-4-6-9-19/h4-13,16H,14-15,17-18H2,1-3H3. The minimum absolute atomic E-state index is 0.204. The van der Waals surface area contributed by atoms with Crippen molar-refractivity contribution in [2.75, 3.05) is 25.2 Å². The molecule has 0 saturated carbocycles. The van der Waals surface area contributed by atoms with E-state index < -0.39 is 0 Å². The second-order valence-corrected chi connectivity index (χ2v) is 8.90. The van der Waals surface area contributed by atoms with Gasteiger partial charge in [-0.25, -0.2) is 4.99 Å². The van der Waals surface area contributed by atoms with Gasteiger partial charge >= 0.3 is 0 Å². The summed E-state index contributed by atoms with van der Waals surface area (Å²) in [5, 5.41) is 0. The van der Waals surface area contributed by atoms with Crippen LogP contribution in [0.1, 0.15) is 30.5 Å². The lowest BCUT2D eigenvalue weighted by molar-refractivity contribution is 0.279. The second-order valence-electron chi connectivity index (χ2n) is 8.90. The first kappa shape index (κ1) is 19.7. The monoisotopic (exact) mass is 412 g/mol. The molecule has 2 heterocycles. The molecule has 4 heteroatoms. The highest BCUT2D eigenvalue weighted by atomic mass is 16.5. The Labute approximate surface area is 184 Å². The smallest absolute Gasteiger partial charge is 0.217 e. The molecule has 0 saturated heterocycles. The van der Waals surface area contributed by atoms with Crippen molar-refractivity contribution in [1.82, 2.24) is 0 Å². The van der Waals surface area contributed by atoms with Crippen molar-refractivity contribution >= 4 is 11.6 Å². The van der Waals surface area contributed by atoms with Crippen LogP contribution in [0.2, 0.25) is 0 Å². The summed E-state index contributed by atoms with van der Waals surface area (Å²) >= 11 is 0. The maximum atomic E-state index is 6.03. The Hall–Kier alpha value is -3.27. The van der Waals surface area contributed by atoms with E-state index in [4.69, 9.17) is 14.5 Å². The fourth-order valence-corrected chi connectivity index (χ4v) is 4.50. The summed E-state index contributed by atoms with van der Waals surface area (Å²) < 4.78 is 11.6. The normalized spacial score (nSPS) is 16.6. The number of nitrogens with zero attached hydrogens (tertiary/aromatic N) is 2. The van der Waals surface area contributed by atoms with E-state index in [9.17, 15) is 0 Å². The zero-order valence-corrected chi connectivity index (χ0v) is 18.4. The molecule has 3 aromatic carbocycles. The molecule has 0 radical (unpaired) electrons. The van der Waals surface area contributed by atoms with E-state index in [0.717, 1.165) is 36.4 Å².